The SMILES string of the molecule is C[C@H](CC(=O)N[C@H]1CCSC1=O)c1ccccc1. The first-order valence-corrected chi connectivity index (χ1v) is 7.16. The van der Waals surface area contributed by atoms with Crippen molar-refractivity contribution in [3.05, 3.63) is 35.9 Å². The highest BCUT2D eigenvalue weighted by atomic mass is 32.2. The zero-order valence-electron chi connectivity index (χ0n) is 10.4. The van der Waals surface area contributed by atoms with Gasteiger partial charge in [-0.2, -0.15) is 0 Å². The molecular formula is C14H17NO2S. The number of carbonyl (C=O) groups is 2. The molecule has 1 fully saturated rings. The molecule has 0 saturated carbocycles. The summed E-state index contributed by atoms with van der Waals surface area (Å²) in [5, 5.41) is 2.91. The van der Waals surface area contributed by atoms with E-state index in [1.165, 1.54) is 11.8 Å². The van der Waals surface area contributed by atoms with Gasteiger partial charge in [-0.1, -0.05) is 49.0 Å². The van der Waals surface area contributed by atoms with E-state index < -0.39 is 0 Å². The van der Waals surface area contributed by atoms with Crippen LogP contribution in [-0.4, -0.2) is 22.8 Å². The Labute approximate surface area is 111 Å². The molecule has 96 valence electrons. The van der Waals surface area contributed by atoms with E-state index in [0.29, 0.717) is 6.42 Å². The van der Waals surface area contributed by atoms with Crippen LogP contribution in [0.4, 0.5) is 0 Å². The molecule has 2 rings (SSSR count). The van der Waals surface area contributed by atoms with Gasteiger partial charge in [0.2, 0.25) is 11.0 Å². The maximum Gasteiger partial charge on any atom is 0.221 e. The zero-order chi connectivity index (χ0) is 13.0. The molecule has 0 radical (unpaired) electrons. The summed E-state index contributed by atoms with van der Waals surface area (Å²) >= 11 is 1.31. The van der Waals surface area contributed by atoms with Gasteiger partial charge < -0.3 is 5.32 Å². The molecule has 1 aromatic rings. The fourth-order valence-electron chi connectivity index (χ4n) is 2.06. The highest BCUT2D eigenvalue weighted by molar-refractivity contribution is 8.14. The lowest BCUT2D eigenvalue weighted by molar-refractivity contribution is -0.124. The van der Waals surface area contributed by atoms with Crippen LogP contribution in [0.15, 0.2) is 30.3 Å². The molecule has 0 aliphatic carbocycles. The lowest BCUT2D eigenvalue weighted by Crippen LogP contribution is -2.37. The molecule has 1 aromatic carbocycles. The standard InChI is InChI=1S/C14H17NO2S/c1-10(11-5-3-2-4-6-11)9-13(16)15-12-7-8-18-14(12)17/h2-6,10,12H,7-9H2,1H3,(H,15,16)/t10-,12+/m1/s1. The molecule has 0 unspecified atom stereocenters. The Hall–Kier alpha value is -1.29. The van der Waals surface area contributed by atoms with Crippen molar-refractivity contribution >= 4 is 22.8 Å². The molecule has 4 heteroatoms. The van der Waals surface area contributed by atoms with Crippen molar-refractivity contribution in [1.82, 2.24) is 5.32 Å². The van der Waals surface area contributed by atoms with E-state index in [0.717, 1.165) is 17.7 Å². The summed E-state index contributed by atoms with van der Waals surface area (Å²) in [5.74, 6) is 0.959. The Morgan fingerprint density at radius 2 is 2.17 bits per heavy atom. The van der Waals surface area contributed by atoms with Crippen molar-refractivity contribution in [2.45, 2.75) is 31.7 Å². The predicted molar refractivity (Wildman–Crippen MR) is 73.5 cm³/mol. The van der Waals surface area contributed by atoms with Crippen molar-refractivity contribution in [3.63, 3.8) is 0 Å². The largest absolute Gasteiger partial charge is 0.345 e. The van der Waals surface area contributed by atoms with Gasteiger partial charge in [0.05, 0.1) is 6.04 Å². The third-order valence-electron chi connectivity index (χ3n) is 3.13. The van der Waals surface area contributed by atoms with Crippen molar-refractivity contribution in [3.8, 4) is 0 Å². The quantitative estimate of drug-likeness (QED) is 0.907. The van der Waals surface area contributed by atoms with Crippen LogP contribution in [0, 0.1) is 0 Å². The van der Waals surface area contributed by atoms with Gasteiger partial charge in [0.1, 0.15) is 0 Å². The van der Waals surface area contributed by atoms with Crippen molar-refractivity contribution in [1.29, 1.82) is 0 Å². The van der Waals surface area contributed by atoms with E-state index in [2.05, 4.69) is 5.32 Å². The van der Waals surface area contributed by atoms with Gasteiger partial charge in [0, 0.05) is 12.2 Å². The maximum absolute atomic E-state index is 11.9. The van der Waals surface area contributed by atoms with Crippen LogP contribution in [-0.2, 0) is 9.59 Å². The number of benzene rings is 1. The summed E-state index contributed by atoms with van der Waals surface area (Å²) in [4.78, 5) is 23.3. The minimum atomic E-state index is -0.273. The average molecular weight is 263 g/mol. The second-order valence-corrected chi connectivity index (χ2v) is 5.69. The minimum absolute atomic E-state index is 0.0350. The average Bonchev–Trinajstić information content (AvgIpc) is 2.76. The van der Waals surface area contributed by atoms with Gasteiger partial charge in [0.25, 0.3) is 0 Å². The predicted octanol–water partition coefficient (Wildman–Crippen LogP) is 2.33. The van der Waals surface area contributed by atoms with Gasteiger partial charge in [0.15, 0.2) is 0 Å². The fourth-order valence-corrected chi connectivity index (χ4v) is 2.99. The normalized spacial score (nSPS) is 20.7. The van der Waals surface area contributed by atoms with Crippen molar-refractivity contribution < 1.29 is 9.59 Å². The number of carbonyl (C=O) groups excluding carboxylic acids is 2. The summed E-state index contributed by atoms with van der Waals surface area (Å²) in [6.07, 6.45) is 1.19. The molecule has 0 bridgehead atoms. The molecule has 1 saturated heterocycles. The van der Waals surface area contributed by atoms with E-state index in [1.807, 2.05) is 37.3 Å². The third-order valence-corrected chi connectivity index (χ3v) is 4.14. The van der Waals surface area contributed by atoms with Gasteiger partial charge in [-0.25, -0.2) is 0 Å². The minimum Gasteiger partial charge on any atom is -0.345 e. The number of hydrogen-bond donors (Lipinski definition) is 1. The number of thioether (sulfide) groups is 1. The van der Waals surface area contributed by atoms with E-state index in [1.54, 1.807) is 0 Å². The summed E-state index contributed by atoms with van der Waals surface area (Å²) in [5.41, 5.74) is 1.15. The summed E-state index contributed by atoms with van der Waals surface area (Å²) in [6.45, 7) is 2.03. The van der Waals surface area contributed by atoms with Gasteiger partial charge in [-0.05, 0) is 17.9 Å². The zero-order valence-corrected chi connectivity index (χ0v) is 11.2. The first-order chi connectivity index (χ1) is 8.66. The highest BCUT2D eigenvalue weighted by Crippen LogP contribution is 2.21. The highest BCUT2D eigenvalue weighted by Gasteiger charge is 2.27. The summed E-state index contributed by atoms with van der Waals surface area (Å²) in [6, 6.07) is 9.68. The smallest absolute Gasteiger partial charge is 0.221 e. The van der Waals surface area contributed by atoms with Crippen LogP contribution in [0.5, 0.6) is 0 Å². The first kappa shape index (κ1) is 13.1. The molecule has 1 N–H and O–H groups in total. The van der Waals surface area contributed by atoms with Crippen molar-refractivity contribution in [2.24, 2.45) is 0 Å². The topological polar surface area (TPSA) is 46.2 Å². The first-order valence-electron chi connectivity index (χ1n) is 6.18. The van der Waals surface area contributed by atoms with Crippen LogP contribution < -0.4 is 5.32 Å². The van der Waals surface area contributed by atoms with Gasteiger partial charge in [-0.15, -0.1) is 0 Å². The molecule has 1 heterocycles. The van der Waals surface area contributed by atoms with Crippen LogP contribution >= 0.6 is 11.8 Å². The Balaban J connectivity index is 1.86. The van der Waals surface area contributed by atoms with Crippen LogP contribution in [0.3, 0.4) is 0 Å². The van der Waals surface area contributed by atoms with Crippen LogP contribution in [0.1, 0.15) is 31.2 Å². The van der Waals surface area contributed by atoms with E-state index >= 15 is 0 Å². The van der Waals surface area contributed by atoms with Crippen LogP contribution in [0.2, 0.25) is 0 Å². The number of hydrogen-bond acceptors (Lipinski definition) is 3. The number of rotatable bonds is 4. The molecule has 2 atom stereocenters. The van der Waals surface area contributed by atoms with E-state index in [-0.39, 0.29) is 23.0 Å². The van der Waals surface area contributed by atoms with Gasteiger partial charge >= 0.3 is 0 Å². The Bertz CT molecular complexity index is 433. The Morgan fingerprint density at radius 3 is 2.78 bits per heavy atom. The molecule has 3 nitrogen and oxygen atoms in total. The monoisotopic (exact) mass is 263 g/mol. The fraction of sp³-hybridized carbons (Fsp3) is 0.429. The van der Waals surface area contributed by atoms with Crippen molar-refractivity contribution in [2.75, 3.05) is 5.75 Å². The van der Waals surface area contributed by atoms with Gasteiger partial charge in [-0.3, -0.25) is 9.59 Å². The van der Waals surface area contributed by atoms with E-state index in [4.69, 9.17) is 0 Å². The molecule has 18 heavy (non-hydrogen) atoms. The summed E-state index contributed by atoms with van der Waals surface area (Å²) < 4.78 is 0. The number of nitrogens with one attached hydrogen (secondary N) is 1. The Kier molecular flexibility index (Phi) is 4.42. The molecule has 1 amide bonds. The molecule has 1 aliphatic rings. The second kappa shape index (κ2) is 6.05. The molecular weight excluding hydrogens is 246 g/mol. The van der Waals surface area contributed by atoms with E-state index in [9.17, 15) is 9.59 Å². The second-order valence-electron chi connectivity index (χ2n) is 4.59. The Morgan fingerprint density at radius 1 is 1.44 bits per heavy atom. The lowest BCUT2D eigenvalue weighted by Gasteiger charge is -2.14. The molecule has 0 spiro atoms. The van der Waals surface area contributed by atoms with Crippen LogP contribution in [0.25, 0.3) is 0 Å². The molecule has 0 aromatic heterocycles. The maximum atomic E-state index is 11.9. The third kappa shape index (κ3) is 3.35. The number of amides is 1. The lowest BCUT2D eigenvalue weighted by atomic mass is 9.97. The molecule has 1 aliphatic heterocycles. The summed E-state index contributed by atoms with van der Waals surface area (Å²) in [7, 11) is 0.